The van der Waals surface area contributed by atoms with E-state index >= 15 is 0 Å². The first-order chi connectivity index (χ1) is 11.2. The number of carbonyl (C=O) groups excluding carboxylic acids is 2. The molecule has 1 heterocycles. The number of benzene rings is 1. The predicted molar refractivity (Wildman–Crippen MR) is 87.4 cm³/mol. The minimum absolute atomic E-state index is 0.0713. The number of piperazine rings is 1. The molecule has 23 heavy (non-hydrogen) atoms. The quantitative estimate of drug-likeness (QED) is 0.785. The molecule has 2 fully saturated rings. The molecule has 3 rings (SSSR count). The first-order valence-electron chi connectivity index (χ1n) is 8.16. The first-order valence-corrected chi connectivity index (χ1v) is 8.16. The average molecular weight is 317 g/mol. The van der Waals surface area contributed by atoms with Gasteiger partial charge in [0, 0.05) is 17.8 Å². The Morgan fingerprint density at radius 2 is 1.91 bits per heavy atom. The summed E-state index contributed by atoms with van der Waals surface area (Å²) in [6.45, 7) is 0. The molecular formula is C17H23N3O3. The summed E-state index contributed by atoms with van der Waals surface area (Å²) in [6, 6.07) is 7.19. The van der Waals surface area contributed by atoms with Crippen molar-refractivity contribution in [3.8, 4) is 5.75 Å². The summed E-state index contributed by atoms with van der Waals surface area (Å²) in [4.78, 5) is 24.3. The molecule has 3 N–H and O–H groups in total. The molecule has 0 radical (unpaired) electrons. The third-order valence-corrected chi connectivity index (χ3v) is 4.59. The Bertz CT molecular complexity index is 573. The van der Waals surface area contributed by atoms with Crippen LogP contribution in [0, 0.1) is 0 Å². The second-order valence-corrected chi connectivity index (χ2v) is 6.21. The Morgan fingerprint density at radius 3 is 2.61 bits per heavy atom. The molecule has 124 valence electrons. The van der Waals surface area contributed by atoms with E-state index in [4.69, 9.17) is 4.74 Å². The van der Waals surface area contributed by atoms with E-state index in [0.717, 1.165) is 25.0 Å². The van der Waals surface area contributed by atoms with Crippen LogP contribution in [0.15, 0.2) is 24.3 Å². The topological polar surface area (TPSA) is 79.5 Å². The summed E-state index contributed by atoms with van der Waals surface area (Å²) in [5.41, 5.74) is 0.697. The molecule has 0 spiro atoms. The van der Waals surface area contributed by atoms with Gasteiger partial charge in [0.1, 0.15) is 5.75 Å². The molecule has 1 aromatic carbocycles. The monoisotopic (exact) mass is 317 g/mol. The molecular weight excluding hydrogens is 294 g/mol. The van der Waals surface area contributed by atoms with E-state index in [1.807, 2.05) is 0 Å². The number of amides is 2. The number of fused-ring (bicyclic) bond motifs is 1. The van der Waals surface area contributed by atoms with Crippen LogP contribution in [0.3, 0.4) is 0 Å². The largest absolute Gasteiger partial charge is 0.497 e. The summed E-state index contributed by atoms with van der Waals surface area (Å²) < 4.78 is 5.08. The molecule has 1 aromatic rings. The Labute approximate surface area is 136 Å². The van der Waals surface area contributed by atoms with Gasteiger partial charge in [-0.05, 0) is 37.1 Å². The molecule has 1 aliphatic heterocycles. The second kappa shape index (κ2) is 7.00. The number of hydrogen-bond donors (Lipinski definition) is 3. The van der Waals surface area contributed by atoms with Crippen molar-refractivity contribution in [1.29, 1.82) is 0 Å². The van der Waals surface area contributed by atoms with Gasteiger partial charge in [-0.1, -0.05) is 12.8 Å². The average Bonchev–Trinajstić information content (AvgIpc) is 2.56. The molecule has 2 aliphatic rings. The molecule has 1 aliphatic carbocycles. The number of hydrogen-bond acceptors (Lipinski definition) is 4. The summed E-state index contributed by atoms with van der Waals surface area (Å²) in [5, 5.41) is 9.22. The highest BCUT2D eigenvalue weighted by atomic mass is 16.5. The van der Waals surface area contributed by atoms with Crippen molar-refractivity contribution in [3.05, 3.63) is 24.3 Å². The third-order valence-electron chi connectivity index (χ3n) is 4.59. The molecule has 0 unspecified atom stereocenters. The SMILES string of the molecule is COc1ccc(NC(=O)C[C@@H]2N[C@@H]3CCCC[C@H]3NC2=O)cc1. The van der Waals surface area contributed by atoms with E-state index in [9.17, 15) is 9.59 Å². The standard InChI is InChI=1S/C17H23N3O3/c1-23-12-8-6-11(7-9-12)18-16(21)10-15-17(22)20-14-5-3-2-4-13(14)19-15/h6-9,13-15,19H,2-5,10H2,1H3,(H,18,21)(H,20,22)/t13-,14-,15+/m1/s1. The Kier molecular flexibility index (Phi) is 4.81. The zero-order valence-electron chi connectivity index (χ0n) is 13.3. The summed E-state index contributed by atoms with van der Waals surface area (Å²) in [5.74, 6) is 0.495. The zero-order valence-corrected chi connectivity index (χ0v) is 13.3. The van der Waals surface area contributed by atoms with Crippen molar-refractivity contribution < 1.29 is 14.3 Å². The Balaban J connectivity index is 1.55. The van der Waals surface area contributed by atoms with Gasteiger partial charge in [-0.3, -0.25) is 9.59 Å². The highest BCUT2D eigenvalue weighted by molar-refractivity contribution is 5.95. The van der Waals surface area contributed by atoms with E-state index in [1.165, 1.54) is 6.42 Å². The van der Waals surface area contributed by atoms with E-state index in [2.05, 4.69) is 16.0 Å². The van der Waals surface area contributed by atoms with Crippen LogP contribution in [0.2, 0.25) is 0 Å². The fourth-order valence-electron chi connectivity index (χ4n) is 3.34. The van der Waals surface area contributed by atoms with Crippen molar-refractivity contribution in [2.24, 2.45) is 0 Å². The van der Waals surface area contributed by atoms with Gasteiger partial charge < -0.3 is 20.7 Å². The fraction of sp³-hybridized carbons (Fsp3) is 0.529. The van der Waals surface area contributed by atoms with E-state index < -0.39 is 6.04 Å². The predicted octanol–water partition coefficient (Wildman–Crippen LogP) is 1.42. The van der Waals surface area contributed by atoms with Crippen molar-refractivity contribution >= 4 is 17.5 Å². The molecule has 2 amide bonds. The van der Waals surface area contributed by atoms with Crippen molar-refractivity contribution in [2.75, 3.05) is 12.4 Å². The van der Waals surface area contributed by atoms with Crippen LogP contribution in [-0.4, -0.2) is 37.0 Å². The molecule has 0 aromatic heterocycles. The number of ether oxygens (including phenoxy) is 1. The van der Waals surface area contributed by atoms with Crippen LogP contribution in [0.1, 0.15) is 32.1 Å². The molecule has 6 nitrogen and oxygen atoms in total. The smallest absolute Gasteiger partial charge is 0.237 e. The van der Waals surface area contributed by atoms with Crippen molar-refractivity contribution in [2.45, 2.75) is 50.2 Å². The lowest BCUT2D eigenvalue weighted by molar-refractivity contribution is -0.129. The van der Waals surface area contributed by atoms with Crippen molar-refractivity contribution in [1.82, 2.24) is 10.6 Å². The van der Waals surface area contributed by atoms with Crippen LogP contribution in [0.25, 0.3) is 0 Å². The van der Waals surface area contributed by atoms with Crippen molar-refractivity contribution in [3.63, 3.8) is 0 Å². The number of carbonyl (C=O) groups is 2. The number of nitrogens with one attached hydrogen (secondary N) is 3. The molecule has 1 saturated heterocycles. The normalized spacial score (nSPS) is 26.8. The minimum atomic E-state index is -0.451. The maximum Gasteiger partial charge on any atom is 0.237 e. The molecule has 0 bridgehead atoms. The number of rotatable bonds is 4. The Morgan fingerprint density at radius 1 is 1.22 bits per heavy atom. The van der Waals surface area contributed by atoms with Gasteiger partial charge in [0.15, 0.2) is 0 Å². The summed E-state index contributed by atoms with van der Waals surface area (Å²) >= 11 is 0. The van der Waals surface area contributed by atoms with Gasteiger partial charge >= 0.3 is 0 Å². The van der Waals surface area contributed by atoms with Gasteiger partial charge in [-0.15, -0.1) is 0 Å². The fourth-order valence-corrected chi connectivity index (χ4v) is 3.34. The lowest BCUT2D eigenvalue weighted by atomic mass is 9.87. The minimum Gasteiger partial charge on any atom is -0.497 e. The first kappa shape index (κ1) is 15.8. The van der Waals surface area contributed by atoms with E-state index in [0.29, 0.717) is 11.7 Å². The Hall–Kier alpha value is -2.08. The molecule has 6 heteroatoms. The number of anilines is 1. The van der Waals surface area contributed by atoms with Crippen LogP contribution in [-0.2, 0) is 9.59 Å². The van der Waals surface area contributed by atoms with E-state index in [-0.39, 0.29) is 24.3 Å². The van der Waals surface area contributed by atoms with Crippen LogP contribution >= 0.6 is 0 Å². The zero-order chi connectivity index (χ0) is 16.2. The summed E-state index contributed by atoms with van der Waals surface area (Å²) in [6.07, 6.45) is 4.55. The van der Waals surface area contributed by atoms with Gasteiger partial charge in [-0.2, -0.15) is 0 Å². The van der Waals surface area contributed by atoms with Crippen LogP contribution in [0.5, 0.6) is 5.75 Å². The third kappa shape index (κ3) is 3.82. The summed E-state index contributed by atoms with van der Waals surface area (Å²) in [7, 11) is 1.60. The lowest BCUT2D eigenvalue weighted by Gasteiger charge is -2.40. The molecule has 1 saturated carbocycles. The van der Waals surface area contributed by atoms with Crippen LogP contribution in [0.4, 0.5) is 5.69 Å². The van der Waals surface area contributed by atoms with Gasteiger partial charge in [-0.25, -0.2) is 0 Å². The lowest BCUT2D eigenvalue weighted by Crippen LogP contribution is -2.65. The molecule has 3 atom stereocenters. The van der Waals surface area contributed by atoms with E-state index in [1.54, 1.807) is 31.4 Å². The van der Waals surface area contributed by atoms with Gasteiger partial charge in [0.05, 0.1) is 19.6 Å². The highest BCUT2D eigenvalue weighted by Gasteiger charge is 2.36. The maximum atomic E-state index is 12.2. The van der Waals surface area contributed by atoms with Gasteiger partial charge in [0.25, 0.3) is 0 Å². The van der Waals surface area contributed by atoms with Gasteiger partial charge in [0.2, 0.25) is 11.8 Å². The number of methoxy groups -OCH3 is 1. The highest BCUT2D eigenvalue weighted by Crippen LogP contribution is 2.22. The maximum absolute atomic E-state index is 12.2. The van der Waals surface area contributed by atoms with Crippen LogP contribution < -0.4 is 20.7 Å². The second-order valence-electron chi connectivity index (χ2n) is 6.21.